The molecule has 1 saturated heterocycles. The van der Waals surface area contributed by atoms with E-state index in [1.807, 2.05) is 31.6 Å². The number of benzene rings is 1. The summed E-state index contributed by atoms with van der Waals surface area (Å²) < 4.78 is 7.68. The second-order valence-corrected chi connectivity index (χ2v) is 5.56. The van der Waals surface area contributed by atoms with Gasteiger partial charge in [0.25, 0.3) is 0 Å². The van der Waals surface area contributed by atoms with E-state index in [-0.39, 0.29) is 5.41 Å². The molecule has 3 rings (SSSR count). The molecule has 1 aromatic carbocycles. The van der Waals surface area contributed by atoms with Crippen LogP contribution in [0.2, 0.25) is 0 Å². The van der Waals surface area contributed by atoms with Crippen LogP contribution in [0.3, 0.4) is 0 Å². The zero-order valence-corrected chi connectivity index (χ0v) is 12.1. The van der Waals surface area contributed by atoms with Crippen molar-refractivity contribution in [3.05, 3.63) is 42.5 Å². The van der Waals surface area contributed by atoms with E-state index in [9.17, 15) is 0 Å². The van der Waals surface area contributed by atoms with Crippen molar-refractivity contribution in [2.24, 2.45) is 0 Å². The first kappa shape index (κ1) is 13.2. The van der Waals surface area contributed by atoms with Crippen molar-refractivity contribution in [3.8, 4) is 11.4 Å². The predicted octanol–water partition coefficient (Wildman–Crippen LogP) is 2.52. The maximum Gasteiger partial charge on any atom is 0.119 e. The smallest absolute Gasteiger partial charge is 0.119 e. The van der Waals surface area contributed by atoms with Crippen molar-refractivity contribution < 1.29 is 4.74 Å². The van der Waals surface area contributed by atoms with Gasteiger partial charge in [0.1, 0.15) is 5.75 Å². The van der Waals surface area contributed by atoms with Gasteiger partial charge in [0.2, 0.25) is 0 Å². The molecule has 0 bridgehead atoms. The maximum atomic E-state index is 5.49. The minimum Gasteiger partial charge on any atom is -0.494 e. The van der Waals surface area contributed by atoms with E-state index in [2.05, 4.69) is 33.9 Å². The molecule has 1 aromatic heterocycles. The third kappa shape index (κ3) is 2.31. The van der Waals surface area contributed by atoms with E-state index < -0.39 is 0 Å². The zero-order valence-electron chi connectivity index (χ0n) is 12.1. The van der Waals surface area contributed by atoms with Gasteiger partial charge in [-0.25, -0.2) is 4.98 Å². The standard InChI is InChI=1S/C16H21N3O/c1-3-20-14-6-4-13(5-7-14)19-12-18-10-15(19)16(2)8-9-17-11-16/h4-7,10,12,17H,3,8-9,11H2,1-2H3. The lowest BCUT2D eigenvalue weighted by Crippen LogP contribution is -2.27. The third-order valence-electron chi connectivity index (χ3n) is 4.05. The van der Waals surface area contributed by atoms with Gasteiger partial charge in [0.15, 0.2) is 0 Å². The molecule has 2 heterocycles. The van der Waals surface area contributed by atoms with E-state index >= 15 is 0 Å². The van der Waals surface area contributed by atoms with Crippen LogP contribution in [0.5, 0.6) is 5.75 Å². The highest BCUT2D eigenvalue weighted by Gasteiger charge is 2.33. The summed E-state index contributed by atoms with van der Waals surface area (Å²) in [7, 11) is 0. The van der Waals surface area contributed by atoms with Crippen molar-refractivity contribution in [2.75, 3.05) is 19.7 Å². The van der Waals surface area contributed by atoms with Crippen LogP contribution in [0.25, 0.3) is 5.69 Å². The largest absolute Gasteiger partial charge is 0.494 e. The number of nitrogens with one attached hydrogen (secondary N) is 1. The van der Waals surface area contributed by atoms with Gasteiger partial charge in [0.05, 0.1) is 12.9 Å². The highest BCUT2D eigenvalue weighted by Crippen LogP contribution is 2.31. The highest BCUT2D eigenvalue weighted by molar-refractivity contribution is 5.40. The van der Waals surface area contributed by atoms with E-state index in [0.717, 1.165) is 30.9 Å². The summed E-state index contributed by atoms with van der Waals surface area (Å²) in [4.78, 5) is 4.35. The molecule has 106 valence electrons. The normalized spacial score (nSPS) is 22.1. The Morgan fingerprint density at radius 3 is 2.80 bits per heavy atom. The Morgan fingerprint density at radius 2 is 2.15 bits per heavy atom. The van der Waals surface area contributed by atoms with Gasteiger partial charge >= 0.3 is 0 Å². The van der Waals surface area contributed by atoms with Gasteiger partial charge in [0, 0.05) is 29.5 Å². The Balaban J connectivity index is 1.93. The molecular formula is C16H21N3O. The SMILES string of the molecule is CCOc1ccc(-n2cncc2C2(C)CCNC2)cc1. The lowest BCUT2D eigenvalue weighted by atomic mass is 9.86. The molecule has 4 nitrogen and oxygen atoms in total. The summed E-state index contributed by atoms with van der Waals surface area (Å²) in [5.41, 5.74) is 2.57. The molecule has 1 N–H and O–H groups in total. The molecule has 1 atom stereocenters. The summed E-state index contributed by atoms with van der Waals surface area (Å²) in [6.45, 7) is 7.07. The van der Waals surface area contributed by atoms with Crippen LogP contribution in [0, 0.1) is 0 Å². The van der Waals surface area contributed by atoms with Gasteiger partial charge in [-0.3, -0.25) is 0 Å². The fraction of sp³-hybridized carbons (Fsp3) is 0.438. The highest BCUT2D eigenvalue weighted by atomic mass is 16.5. The molecule has 0 radical (unpaired) electrons. The van der Waals surface area contributed by atoms with Gasteiger partial charge in [-0.2, -0.15) is 0 Å². The second kappa shape index (κ2) is 5.29. The van der Waals surface area contributed by atoms with E-state index in [1.165, 1.54) is 5.69 Å². The fourth-order valence-corrected chi connectivity index (χ4v) is 2.85. The lowest BCUT2D eigenvalue weighted by molar-refractivity contribution is 0.340. The first-order chi connectivity index (χ1) is 9.73. The predicted molar refractivity (Wildman–Crippen MR) is 79.6 cm³/mol. The van der Waals surface area contributed by atoms with Crippen molar-refractivity contribution >= 4 is 0 Å². The minimum atomic E-state index is 0.162. The number of aromatic nitrogens is 2. The van der Waals surface area contributed by atoms with E-state index in [4.69, 9.17) is 4.74 Å². The molecule has 1 aliphatic rings. The Bertz CT molecular complexity index is 568. The zero-order chi connectivity index (χ0) is 14.0. The number of rotatable bonds is 4. The fourth-order valence-electron chi connectivity index (χ4n) is 2.85. The molecule has 1 aliphatic heterocycles. The summed E-state index contributed by atoms with van der Waals surface area (Å²) in [5, 5.41) is 3.44. The molecule has 0 spiro atoms. The third-order valence-corrected chi connectivity index (χ3v) is 4.05. The number of nitrogens with zero attached hydrogens (tertiary/aromatic N) is 2. The molecule has 1 fully saturated rings. The lowest BCUT2D eigenvalue weighted by Gasteiger charge is -2.24. The van der Waals surface area contributed by atoms with Crippen LogP contribution in [0.4, 0.5) is 0 Å². The molecule has 0 amide bonds. The maximum absolute atomic E-state index is 5.49. The Labute approximate surface area is 119 Å². The quantitative estimate of drug-likeness (QED) is 0.928. The van der Waals surface area contributed by atoms with Gasteiger partial charge < -0.3 is 14.6 Å². The average molecular weight is 271 g/mol. The van der Waals surface area contributed by atoms with Crippen molar-refractivity contribution in [1.82, 2.24) is 14.9 Å². The van der Waals surface area contributed by atoms with Gasteiger partial charge in [-0.1, -0.05) is 6.92 Å². The minimum absolute atomic E-state index is 0.162. The molecule has 0 aliphatic carbocycles. The van der Waals surface area contributed by atoms with Crippen LogP contribution < -0.4 is 10.1 Å². The first-order valence-electron chi connectivity index (χ1n) is 7.20. The first-order valence-corrected chi connectivity index (χ1v) is 7.20. The molecule has 20 heavy (non-hydrogen) atoms. The second-order valence-electron chi connectivity index (χ2n) is 5.56. The monoisotopic (exact) mass is 271 g/mol. The van der Waals surface area contributed by atoms with Gasteiger partial charge in [-0.05, 0) is 44.2 Å². The molecular weight excluding hydrogens is 250 g/mol. The summed E-state index contributed by atoms with van der Waals surface area (Å²) in [6.07, 6.45) is 5.04. The van der Waals surface area contributed by atoms with Crippen LogP contribution in [-0.4, -0.2) is 29.2 Å². The van der Waals surface area contributed by atoms with Crippen molar-refractivity contribution in [3.63, 3.8) is 0 Å². The summed E-state index contributed by atoms with van der Waals surface area (Å²) in [5.74, 6) is 0.909. The Morgan fingerprint density at radius 1 is 1.35 bits per heavy atom. The Kier molecular flexibility index (Phi) is 3.49. The summed E-state index contributed by atoms with van der Waals surface area (Å²) in [6, 6.07) is 8.19. The van der Waals surface area contributed by atoms with Crippen molar-refractivity contribution in [2.45, 2.75) is 25.7 Å². The number of imidazole rings is 1. The summed E-state index contributed by atoms with van der Waals surface area (Å²) >= 11 is 0. The van der Waals surface area contributed by atoms with E-state index in [1.54, 1.807) is 0 Å². The van der Waals surface area contributed by atoms with Crippen LogP contribution in [-0.2, 0) is 5.41 Å². The van der Waals surface area contributed by atoms with E-state index in [0.29, 0.717) is 6.61 Å². The van der Waals surface area contributed by atoms with Crippen LogP contribution in [0.1, 0.15) is 26.0 Å². The van der Waals surface area contributed by atoms with Crippen LogP contribution in [0.15, 0.2) is 36.8 Å². The number of ether oxygens (including phenoxy) is 1. The van der Waals surface area contributed by atoms with Crippen molar-refractivity contribution in [1.29, 1.82) is 0 Å². The van der Waals surface area contributed by atoms with Crippen LogP contribution >= 0.6 is 0 Å². The Hall–Kier alpha value is -1.81. The van der Waals surface area contributed by atoms with Gasteiger partial charge in [-0.15, -0.1) is 0 Å². The molecule has 0 saturated carbocycles. The molecule has 1 unspecified atom stereocenters. The number of hydrogen-bond acceptors (Lipinski definition) is 3. The topological polar surface area (TPSA) is 39.1 Å². The average Bonchev–Trinajstić information content (AvgIpc) is 3.09. The number of hydrogen-bond donors (Lipinski definition) is 1. The molecule has 2 aromatic rings. The molecule has 4 heteroatoms.